The van der Waals surface area contributed by atoms with E-state index >= 15 is 0 Å². The zero-order chi connectivity index (χ0) is 26.8. The number of piperazine rings is 1. The first kappa shape index (κ1) is 27.5. The van der Waals surface area contributed by atoms with E-state index in [1.807, 2.05) is 4.90 Å². The second-order valence-electron chi connectivity index (χ2n) is 10.9. The maximum atomic E-state index is 13.1. The molecule has 0 radical (unpaired) electrons. The van der Waals surface area contributed by atoms with Crippen LogP contribution in [-0.2, 0) is 6.18 Å². The Hall–Kier alpha value is -2.54. The summed E-state index contributed by atoms with van der Waals surface area (Å²) in [6.07, 6.45) is 0.276. The third-order valence-electron chi connectivity index (χ3n) is 8.50. The number of amides is 1. The molecule has 1 unspecified atom stereocenters. The molecule has 1 saturated carbocycles. The van der Waals surface area contributed by atoms with E-state index < -0.39 is 11.7 Å². The summed E-state index contributed by atoms with van der Waals surface area (Å²) in [6.45, 7) is 13.5. The highest BCUT2D eigenvalue weighted by atomic mass is 19.4. The number of carbonyl (C=O) groups is 1. The molecule has 0 N–H and O–H groups in total. The summed E-state index contributed by atoms with van der Waals surface area (Å²) in [7, 11) is 0. The fourth-order valence-corrected chi connectivity index (χ4v) is 5.64. The van der Waals surface area contributed by atoms with Crippen LogP contribution in [0, 0.1) is 19.8 Å². The largest absolute Gasteiger partial charge is 0.493 e. The number of rotatable bonds is 9. The Morgan fingerprint density at radius 3 is 2.27 bits per heavy atom. The predicted molar refractivity (Wildman–Crippen MR) is 140 cm³/mol. The fourth-order valence-electron chi connectivity index (χ4n) is 5.64. The lowest BCUT2D eigenvalue weighted by molar-refractivity contribution is -0.960. The van der Waals surface area contributed by atoms with Crippen LogP contribution in [0.25, 0.3) is 0 Å². The summed E-state index contributed by atoms with van der Waals surface area (Å²) in [6, 6.07) is 9.20. The van der Waals surface area contributed by atoms with Crippen LogP contribution < -0.4 is 4.74 Å². The number of quaternary nitrogens is 1. The SMILES string of the molecule is CCCCOc1ccc(C(C)[N+]2(CC3CC3)CCN(C(=O)c3ccc(C(F)(F)F)cc3)CC2)c(C)c1C. The molecule has 1 atom stereocenters. The maximum absolute atomic E-state index is 13.1. The maximum Gasteiger partial charge on any atom is 0.416 e. The average Bonchev–Trinajstić information content (AvgIpc) is 3.70. The van der Waals surface area contributed by atoms with Gasteiger partial charge in [-0.1, -0.05) is 13.3 Å². The molecule has 37 heavy (non-hydrogen) atoms. The van der Waals surface area contributed by atoms with Gasteiger partial charge in [-0.15, -0.1) is 0 Å². The van der Waals surface area contributed by atoms with Crippen molar-refractivity contribution in [1.82, 2.24) is 4.90 Å². The zero-order valence-corrected chi connectivity index (χ0v) is 22.5. The molecule has 1 aliphatic carbocycles. The number of hydrogen-bond acceptors (Lipinski definition) is 2. The molecular weight excluding hydrogens is 477 g/mol. The number of alkyl halides is 3. The molecule has 2 aromatic carbocycles. The van der Waals surface area contributed by atoms with Gasteiger partial charge in [0.05, 0.1) is 44.9 Å². The number of ether oxygens (including phenoxy) is 1. The Labute approximate surface area is 219 Å². The van der Waals surface area contributed by atoms with Crippen LogP contribution >= 0.6 is 0 Å². The zero-order valence-electron chi connectivity index (χ0n) is 22.5. The summed E-state index contributed by atoms with van der Waals surface area (Å²) < 4.78 is 45.8. The summed E-state index contributed by atoms with van der Waals surface area (Å²) in [4.78, 5) is 14.9. The van der Waals surface area contributed by atoms with Crippen LogP contribution in [0.2, 0.25) is 0 Å². The molecule has 0 aromatic heterocycles. The Bertz CT molecular complexity index is 1090. The van der Waals surface area contributed by atoms with Crippen molar-refractivity contribution in [3.63, 3.8) is 0 Å². The monoisotopic (exact) mass is 517 g/mol. The number of carbonyl (C=O) groups excluding carboxylic acids is 1. The number of halogens is 3. The molecule has 2 aliphatic rings. The molecule has 7 heteroatoms. The minimum absolute atomic E-state index is 0.189. The Morgan fingerprint density at radius 1 is 1.05 bits per heavy atom. The van der Waals surface area contributed by atoms with Gasteiger partial charge in [-0.25, -0.2) is 0 Å². The van der Waals surface area contributed by atoms with Gasteiger partial charge in [0.1, 0.15) is 11.8 Å². The van der Waals surface area contributed by atoms with Crippen molar-refractivity contribution in [3.8, 4) is 5.75 Å². The molecular formula is C30H40F3N2O2+. The lowest BCUT2D eigenvalue weighted by atomic mass is 9.93. The van der Waals surface area contributed by atoms with Gasteiger partial charge in [0, 0.05) is 17.0 Å². The predicted octanol–water partition coefficient (Wildman–Crippen LogP) is 6.94. The molecule has 2 fully saturated rings. The van der Waals surface area contributed by atoms with Crippen LogP contribution in [-0.4, -0.2) is 54.6 Å². The fraction of sp³-hybridized carbons (Fsp3) is 0.567. The topological polar surface area (TPSA) is 29.5 Å². The van der Waals surface area contributed by atoms with Crippen LogP contribution in [0.5, 0.6) is 5.75 Å². The van der Waals surface area contributed by atoms with Crippen molar-refractivity contribution in [1.29, 1.82) is 0 Å². The first-order chi connectivity index (χ1) is 17.6. The highest BCUT2D eigenvalue weighted by Crippen LogP contribution is 2.41. The second-order valence-corrected chi connectivity index (χ2v) is 10.9. The van der Waals surface area contributed by atoms with Gasteiger partial charge in [-0.3, -0.25) is 4.79 Å². The summed E-state index contributed by atoms with van der Waals surface area (Å²) in [5.41, 5.74) is 3.39. The van der Waals surface area contributed by atoms with Gasteiger partial charge in [0.2, 0.25) is 0 Å². The van der Waals surface area contributed by atoms with Gasteiger partial charge in [0.15, 0.2) is 0 Å². The van der Waals surface area contributed by atoms with E-state index in [-0.39, 0.29) is 11.9 Å². The van der Waals surface area contributed by atoms with E-state index in [0.717, 1.165) is 67.4 Å². The first-order valence-electron chi connectivity index (χ1n) is 13.6. The quantitative estimate of drug-likeness (QED) is 0.266. The lowest BCUT2D eigenvalue weighted by Gasteiger charge is -2.49. The smallest absolute Gasteiger partial charge is 0.416 e. The standard InChI is InChI=1S/C30H40F3N2O2/c1-5-6-19-37-28-14-13-27(21(2)22(28)3)23(4)35(20-24-7-8-24)17-15-34(16-18-35)29(36)25-9-11-26(12-10-25)30(31,32)33/h9-14,23-24H,5-8,15-20H2,1-4H3/q+1. The van der Waals surface area contributed by atoms with Gasteiger partial charge in [-0.2, -0.15) is 13.2 Å². The lowest BCUT2D eigenvalue weighted by Crippen LogP contribution is -2.62. The normalized spacial score (nSPS) is 18.5. The van der Waals surface area contributed by atoms with E-state index in [0.29, 0.717) is 18.7 Å². The van der Waals surface area contributed by atoms with Gasteiger partial charge < -0.3 is 14.1 Å². The summed E-state index contributed by atoms with van der Waals surface area (Å²) in [5.74, 6) is 1.51. The third-order valence-corrected chi connectivity index (χ3v) is 8.50. The second kappa shape index (κ2) is 11.1. The van der Waals surface area contributed by atoms with Crippen molar-refractivity contribution in [2.75, 3.05) is 39.3 Å². The molecule has 0 bridgehead atoms. The molecule has 4 nitrogen and oxygen atoms in total. The minimum Gasteiger partial charge on any atom is -0.493 e. The Morgan fingerprint density at radius 2 is 1.70 bits per heavy atom. The number of nitrogens with zero attached hydrogens (tertiary/aromatic N) is 2. The Kier molecular flexibility index (Phi) is 8.22. The minimum atomic E-state index is -4.40. The molecule has 1 amide bonds. The van der Waals surface area contributed by atoms with E-state index in [9.17, 15) is 18.0 Å². The summed E-state index contributed by atoms with van der Waals surface area (Å²) >= 11 is 0. The van der Waals surface area contributed by atoms with E-state index in [1.54, 1.807) is 0 Å². The van der Waals surface area contributed by atoms with Crippen molar-refractivity contribution in [3.05, 3.63) is 64.2 Å². The number of hydrogen-bond donors (Lipinski definition) is 0. The molecule has 2 aromatic rings. The van der Waals surface area contributed by atoms with Crippen LogP contribution in [0.15, 0.2) is 36.4 Å². The highest BCUT2D eigenvalue weighted by Gasteiger charge is 2.44. The van der Waals surface area contributed by atoms with Gasteiger partial charge >= 0.3 is 6.18 Å². The van der Waals surface area contributed by atoms with Crippen LogP contribution in [0.4, 0.5) is 13.2 Å². The Balaban J connectivity index is 1.49. The van der Waals surface area contributed by atoms with E-state index in [4.69, 9.17) is 4.74 Å². The van der Waals surface area contributed by atoms with Crippen LogP contribution in [0.1, 0.15) is 78.2 Å². The summed E-state index contributed by atoms with van der Waals surface area (Å²) in [5, 5.41) is 0. The third kappa shape index (κ3) is 6.14. The van der Waals surface area contributed by atoms with Gasteiger partial charge in [-0.05, 0) is 87.6 Å². The number of benzene rings is 2. The van der Waals surface area contributed by atoms with Crippen molar-refractivity contribution < 1.29 is 27.2 Å². The molecule has 0 spiro atoms. The van der Waals surface area contributed by atoms with Crippen molar-refractivity contribution in [2.24, 2.45) is 5.92 Å². The van der Waals surface area contributed by atoms with E-state index in [1.165, 1.54) is 41.7 Å². The van der Waals surface area contributed by atoms with Crippen molar-refractivity contribution >= 4 is 5.91 Å². The molecule has 1 aliphatic heterocycles. The molecule has 1 saturated heterocycles. The first-order valence-corrected chi connectivity index (χ1v) is 13.6. The highest BCUT2D eigenvalue weighted by molar-refractivity contribution is 5.94. The molecule has 202 valence electrons. The van der Waals surface area contributed by atoms with Crippen molar-refractivity contribution in [2.45, 2.75) is 65.6 Å². The molecule has 1 heterocycles. The van der Waals surface area contributed by atoms with Crippen LogP contribution in [0.3, 0.4) is 0 Å². The number of unbranched alkanes of at least 4 members (excludes halogenated alkanes) is 1. The van der Waals surface area contributed by atoms with Gasteiger partial charge in [0.25, 0.3) is 5.91 Å². The molecule has 4 rings (SSSR count). The average molecular weight is 518 g/mol. The van der Waals surface area contributed by atoms with E-state index in [2.05, 4.69) is 39.8 Å².